The highest BCUT2D eigenvalue weighted by molar-refractivity contribution is 8.00. The lowest BCUT2D eigenvalue weighted by Crippen LogP contribution is -2.53. The predicted molar refractivity (Wildman–Crippen MR) is 128 cm³/mol. The first kappa shape index (κ1) is 25.6. The van der Waals surface area contributed by atoms with E-state index >= 15 is 0 Å². The smallest absolute Gasteiger partial charge is 0.352 e. The second-order valence-corrected chi connectivity index (χ2v) is 8.81. The monoisotopic (exact) mass is 519 g/mol. The van der Waals surface area contributed by atoms with Crippen LogP contribution >= 0.6 is 23.3 Å². The van der Waals surface area contributed by atoms with E-state index in [9.17, 15) is 14.4 Å². The van der Waals surface area contributed by atoms with Gasteiger partial charge in [0.05, 0.1) is 11.8 Å². The lowest BCUT2D eigenvalue weighted by atomic mass is 10.1. The van der Waals surface area contributed by atoms with Crippen molar-refractivity contribution in [2.24, 2.45) is 10.9 Å². The Kier molecular flexibility index (Phi) is 8.32. The molecule has 0 radical (unpaired) electrons. The highest BCUT2D eigenvalue weighted by Gasteiger charge is 2.44. The van der Waals surface area contributed by atoms with Crippen molar-refractivity contribution in [2.75, 3.05) is 18.6 Å². The summed E-state index contributed by atoms with van der Waals surface area (Å²) in [6, 6.07) is 3.77. The Morgan fingerprint density at radius 2 is 2.11 bits per heavy atom. The number of imidazole rings is 1. The zero-order valence-electron chi connectivity index (χ0n) is 18.6. The summed E-state index contributed by atoms with van der Waals surface area (Å²) in [6.45, 7) is 1.76. The van der Waals surface area contributed by atoms with Gasteiger partial charge in [-0.2, -0.15) is 14.5 Å². The third kappa shape index (κ3) is 6.10. The van der Waals surface area contributed by atoms with Gasteiger partial charge in [0.2, 0.25) is 17.4 Å². The first-order valence-corrected chi connectivity index (χ1v) is 11.7. The number of aliphatic carboxylic acids is 1. The van der Waals surface area contributed by atoms with Crippen LogP contribution in [0.25, 0.3) is 5.65 Å². The maximum absolute atomic E-state index is 11.1. The quantitative estimate of drug-likeness (QED) is 0.243. The van der Waals surface area contributed by atoms with Gasteiger partial charge in [0.25, 0.3) is 5.91 Å². The Hall–Kier alpha value is -4.05. The predicted octanol–water partition coefficient (Wildman–Crippen LogP) is 0.336. The van der Waals surface area contributed by atoms with Crippen LogP contribution in [0.1, 0.15) is 19.2 Å². The van der Waals surface area contributed by atoms with E-state index in [0.717, 1.165) is 28.5 Å². The van der Waals surface area contributed by atoms with Gasteiger partial charge >= 0.3 is 5.97 Å². The molecule has 5 heterocycles. The Morgan fingerprint density at radius 3 is 2.66 bits per heavy atom. The number of amides is 2. The van der Waals surface area contributed by atoms with Crippen molar-refractivity contribution in [1.82, 2.24) is 28.9 Å². The van der Waals surface area contributed by atoms with Gasteiger partial charge in [-0.1, -0.05) is 5.16 Å². The zero-order chi connectivity index (χ0) is 25.5. The summed E-state index contributed by atoms with van der Waals surface area (Å²) in [4.78, 5) is 46.3. The lowest BCUT2D eigenvalue weighted by molar-refractivity contribution is -0.146. The van der Waals surface area contributed by atoms with Crippen LogP contribution in [-0.4, -0.2) is 75.7 Å². The summed E-state index contributed by atoms with van der Waals surface area (Å²) in [5.41, 5.74) is 12.0. The van der Waals surface area contributed by atoms with Gasteiger partial charge in [-0.3, -0.25) is 14.5 Å². The number of carbonyl (C=O) groups is 3. The molecule has 3 aromatic heterocycles. The topological polar surface area (TPSA) is 204 Å². The molecule has 0 aliphatic carbocycles. The van der Waals surface area contributed by atoms with Crippen LogP contribution in [-0.2, 0) is 19.2 Å². The van der Waals surface area contributed by atoms with Crippen molar-refractivity contribution < 1.29 is 24.3 Å². The molecule has 3 aromatic rings. The van der Waals surface area contributed by atoms with Crippen LogP contribution in [0.5, 0.6) is 0 Å². The fraction of sp³-hybridized carbons (Fsp3) is 0.263. The molecule has 0 bridgehead atoms. The van der Waals surface area contributed by atoms with Gasteiger partial charge in [-0.05, 0) is 24.6 Å². The normalized spacial score (nSPS) is 16.9. The zero-order valence-corrected chi connectivity index (χ0v) is 20.2. The Bertz CT molecular complexity index is 1270. The molecular weight excluding hydrogens is 498 g/mol. The van der Waals surface area contributed by atoms with Crippen molar-refractivity contribution in [3.8, 4) is 0 Å². The fourth-order valence-corrected chi connectivity index (χ4v) is 4.60. The van der Waals surface area contributed by atoms with E-state index in [1.165, 1.54) is 12.0 Å². The van der Waals surface area contributed by atoms with E-state index in [0.29, 0.717) is 6.42 Å². The van der Waals surface area contributed by atoms with Crippen LogP contribution in [0.4, 0.5) is 5.13 Å². The van der Waals surface area contributed by atoms with E-state index in [1.54, 1.807) is 35.6 Å². The maximum Gasteiger partial charge on any atom is 0.352 e. The number of fused-ring (bicyclic) bond motifs is 2. The number of anilines is 1. The number of thioether (sulfide) groups is 1. The molecular formula is C19H21N9O5S2. The van der Waals surface area contributed by atoms with Crippen molar-refractivity contribution in [3.05, 3.63) is 47.8 Å². The summed E-state index contributed by atoms with van der Waals surface area (Å²) in [5.74, 6) is -1.03. The lowest BCUT2D eigenvalue weighted by Gasteiger charge is -2.43. The molecule has 0 saturated carbocycles. The number of aromatic nitrogens is 5. The molecule has 2 aliphatic rings. The van der Waals surface area contributed by atoms with E-state index in [4.69, 9.17) is 16.6 Å². The van der Waals surface area contributed by atoms with Crippen molar-refractivity contribution in [1.29, 1.82) is 0 Å². The summed E-state index contributed by atoms with van der Waals surface area (Å²) in [7, 11) is 1.29. The Labute approximate surface area is 206 Å². The Morgan fingerprint density at radius 1 is 1.34 bits per heavy atom. The van der Waals surface area contributed by atoms with Crippen molar-refractivity contribution in [3.63, 3.8) is 0 Å². The minimum absolute atomic E-state index is 0.0716. The molecule has 0 spiro atoms. The number of rotatable bonds is 4. The standard InChI is InChI=1S/C8H9NO3S.C6H5N3.C5H7N5O2S/c1-4-3-13-6-2-5(10)9(6)7(4)8(11)12;1-2-6-7-4-5-9(6)8-3-1;1-12-9-2(3(6)11)4-8-5(7)13-10-4/h6H,2-3H2,1H3,(H,11,12);1-5H;1H3,(H2,6,11)(H2,7,8,10)/b;;9-2+/t6-;;/m0../s1. The number of hydrogen-bond donors (Lipinski definition) is 3. The van der Waals surface area contributed by atoms with Gasteiger partial charge in [0.15, 0.2) is 10.8 Å². The maximum atomic E-state index is 11.1. The molecule has 0 aromatic carbocycles. The van der Waals surface area contributed by atoms with Crippen LogP contribution < -0.4 is 11.5 Å². The largest absolute Gasteiger partial charge is 0.477 e. The average Bonchev–Trinajstić information content (AvgIpc) is 3.47. The molecule has 14 nitrogen and oxygen atoms in total. The molecule has 5 N–H and O–H groups in total. The van der Waals surface area contributed by atoms with Crippen LogP contribution in [0.3, 0.4) is 0 Å². The number of nitrogens with zero attached hydrogens (tertiary/aromatic N) is 7. The van der Waals surface area contributed by atoms with Gasteiger partial charge in [-0.15, -0.1) is 11.8 Å². The molecule has 1 atom stereocenters. The minimum Gasteiger partial charge on any atom is -0.477 e. The number of carboxylic acid groups (broad SMARTS) is 1. The van der Waals surface area contributed by atoms with Crippen molar-refractivity contribution >= 4 is 57.6 Å². The van der Waals surface area contributed by atoms with Crippen LogP contribution in [0.2, 0.25) is 0 Å². The highest BCUT2D eigenvalue weighted by atomic mass is 32.2. The molecule has 2 amide bonds. The second kappa shape index (κ2) is 11.4. The van der Waals surface area contributed by atoms with Gasteiger partial charge < -0.3 is 21.4 Å². The molecule has 184 valence electrons. The SMILES string of the molecule is CC1=C(C(=O)O)N2C(=O)C[C@@H]2SC1.CO/N=C(\C(N)=O)c1nsc(N)n1.c1cnn2ccnc2c1. The van der Waals surface area contributed by atoms with Gasteiger partial charge in [0, 0.05) is 35.9 Å². The van der Waals surface area contributed by atoms with Crippen molar-refractivity contribution in [2.45, 2.75) is 18.7 Å². The first-order chi connectivity index (χ1) is 16.7. The van der Waals surface area contributed by atoms with Gasteiger partial charge in [0.1, 0.15) is 12.8 Å². The van der Waals surface area contributed by atoms with E-state index in [2.05, 4.69) is 29.4 Å². The number of oxime groups is 1. The second-order valence-electron chi connectivity index (χ2n) is 6.86. The molecule has 1 saturated heterocycles. The number of carboxylic acids is 1. The molecule has 0 unspecified atom stereocenters. The number of primary amides is 1. The number of hydrogen-bond acceptors (Lipinski definition) is 12. The molecule has 5 rings (SSSR count). The summed E-state index contributed by atoms with van der Waals surface area (Å²) < 4.78 is 5.47. The summed E-state index contributed by atoms with van der Waals surface area (Å²) in [6.07, 6.45) is 5.75. The Balaban J connectivity index is 0.000000149. The van der Waals surface area contributed by atoms with E-state index in [-0.39, 0.29) is 33.6 Å². The number of nitrogen functional groups attached to an aromatic ring is 1. The molecule has 2 aliphatic heterocycles. The van der Waals surface area contributed by atoms with Crippen LogP contribution in [0, 0.1) is 0 Å². The number of β-lactam (4-membered cyclic amide) rings is 1. The number of carbonyl (C=O) groups excluding carboxylic acids is 2. The molecule has 35 heavy (non-hydrogen) atoms. The van der Waals surface area contributed by atoms with Crippen LogP contribution in [0.15, 0.2) is 47.1 Å². The van der Waals surface area contributed by atoms with E-state index < -0.39 is 11.9 Å². The third-order valence-electron chi connectivity index (χ3n) is 4.49. The first-order valence-electron chi connectivity index (χ1n) is 9.84. The van der Waals surface area contributed by atoms with E-state index in [1.807, 2.05) is 18.3 Å². The number of nitrogens with two attached hydrogens (primary N) is 2. The summed E-state index contributed by atoms with van der Waals surface area (Å²) >= 11 is 2.58. The third-order valence-corrected chi connectivity index (χ3v) is 6.39. The van der Waals surface area contributed by atoms with Gasteiger partial charge in [-0.25, -0.2) is 14.3 Å². The molecule has 16 heteroatoms. The molecule has 1 fully saturated rings. The summed E-state index contributed by atoms with van der Waals surface area (Å²) in [5, 5.41) is 16.6. The highest BCUT2D eigenvalue weighted by Crippen LogP contribution is 2.39. The fourth-order valence-electron chi connectivity index (χ4n) is 2.95. The minimum atomic E-state index is -0.990. The average molecular weight is 520 g/mol.